The number of hydrogen-bond acceptors (Lipinski definition) is 7. The number of aryl methyl sites for hydroxylation is 1. The van der Waals surface area contributed by atoms with Gasteiger partial charge >= 0.3 is 0 Å². The molecule has 0 atom stereocenters. The van der Waals surface area contributed by atoms with Gasteiger partial charge in [0.25, 0.3) is 0 Å². The molecule has 0 spiro atoms. The first-order valence-electron chi connectivity index (χ1n) is 15.2. The van der Waals surface area contributed by atoms with E-state index in [9.17, 15) is 0 Å². The highest BCUT2D eigenvalue weighted by molar-refractivity contribution is 5.76. The number of fused-ring (bicyclic) bond motifs is 1. The molecule has 0 amide bonds. The van der Waals surface area contributed by atoms with Gasteiger partial charge in [-0.3, -0.25) is 0 Å². The Balaban J connectivity index is 1.52. The summed E-state index contributed by atoms with van der Waals surface area (Å²) in [6, 6.07) is 13.1. The molecule has 1 saturated heterocycles. The Hall–Kier alpha value is -3.81. The molecule has 0 aliphatic carbocycles. The molecule has 3 heterocycles. The SMILES string of the molecule is CCOc1cc(C)c(Cc2nc(N3CCN(c4ccc(OC)cc4)C(C)(C)C3)nc3ncn(C(C)C)c23)cc1C(C)C. The van der Waals surface area contributed by atoms with Crippen molar-refractivity contribution in [3.63, 3.8) is 0 Å². The molecule has 42 heavy (non-hydrogen) atoms. The van der Waals surface area contributed by atoms with E-state index in [-0.39, 0.29) is 11.6 Å². The van der Waals surface area contributed by atoms with Gasteiger partial charge in [0.2, 0.25) is 5.95 Å². The zero-order chi connectivity index (χ0) is 30.2. The third-order valence-electron chi connectivity index (χ3n) is 8.36. The summed E-state index contributed by atoms with van der Waals surface area (Å²) in [5.74, 6) is 2.96. The topological polar surface area (TPSA) is 68.5 Å². The lowest BCUT2D eigenvalue weighted by molar-refractivity contribution is 0.335. The quantitative estimate of drug-likeness (QED) is 0.216. The van der Waals surface area contributed by atoms with Crippen molar-refractivity contribution in [1.29, 1.82) is 0 Å². The summed E-state index contributed by atoms with van der Waals surface area (Å²) in [5, 5.41) is 0. The molecule has 0 bridgehead atoms. The van der Waals surface area contributed by atoms with E-state index in [2.05, 4.69) is 87.1 Å². The van der Waals surface area contributed by atoms with Gasteiger partial charge in [-0.2, -0.15) is 4.98 Å². The highest BCUT2D eigenvalue weighted by Crippen LogP contribution is 2.34. The van der Waals surface area contributed by atoms with E-state index >= 15 is 0 Å². The Bertz CT molecular complexity index is 1540. The second-order valence-corrected chi connectivity index (χ2v) is 12.6. The maximum atomic E-state index is 6.01. The van der Waals surface area contributed by atoms with E-state index < -0.39 is 0 Å². The standard InChI is InChI=1S/C34H46N6O2/c1-10-42-30-17-24(6)25(18-28(30)22(2)3)19-29-31-32(35-21-39(31)23(4)5)37-33(36-29)38-15-16-40(34(7,8)20-38)26-11-13-27(41-9)14-12-26/h11-14,17-18,21-23H,10,15-16,19-20H2,1-9H3. The fourth-order valence-corrected chi connectivity index (χ4v) is 6.07. The van der Waals surface area contributed by atoms with Crippen LogP contribution >= 0.6 is 0 Å². The lowest BCUT2D eigenvalue weighted by Crippen LogP contribution is -2.60. The van der Waals surface area contributed by atoms with Crippen molar-refractivity contribution in [3.8, 4) is 11.5 Å². The highest BCUT2D eigenvalue weighted by atomic mass is 16.5. The Morgan fingerprint density at radius 1 is 1.00 bits per heavy atom. The van der Waals surface area contributed by atoms with Crippen molar-refractivity contribution in [2.45, 2.75) is 79.3 Å². The molecule has 5 rings (SSSR count). The van der Waals surface area contributed by atoms with Gasteiger partial charge in [0.05, 0.1) is 31.3 Å². The van der Waals surface area contributed by atoms with Gasteiger partial charge < -0.3 is 23.8 Å². The van der Waals surface area contributed by atoms with Crippen LogP contribution in [0.5, 0.6) is 11.5 Å². The van der Waals surface area contributed by atoms with Gasteiger partial charge in [0, 0.05) is 37.8 Å². The maximum Gasteiger partial charge on any atom is 0.227 e. The second-order valence-electron chi connectivity index (χ2n) is 12.6. The van der Waals surface area contributed by atoms with Gasteiger partial charge in [-0.1, -0.05) is 19.9 Å². The van der Waals surface area contributed by atoms with E-state index in [1.165, 1.54) is 22.4 Å². The molecule has 0 saturated carbocycles. The van der Waals surface area contributed by atoms with E-state index in [0.29, 0.717) is 18.9 Å². The molecule has 8 heteroatoms. The summed E-state index contributed by atoms with van der Waals surface area (Å²) >= 11 is 0. The largest absolute Gasteiger partial charge is 0.497 e. The van der Waals surface area contributed by atoms with Gasteiger partial charge in [-0.15, -0.1) is 0 Å². The summed E-state index contributed by atoms with van der Waals surface area (Å²) in [6.45, 7) is 20.7. The Morgan fingerprint density at radius 2 is 1.74 bits per heavy atom. The maximum absolute atomic E-state index is 6.01. The molecule has 4 aromatic rings. The predicted octanol–water partition coefficient (Wildman–Crippen LogP) is 6.94. The van der Waals surface area contributed by atoms with Gasteiger partial charge in [0.1, 0.15) is 17.0 Å². The van der Waals surface area contributed by atoms with Crippen molar-refractivity contribution in [2.75, 3.05) is 43.2 Å². The fourth-order valence-electron chi connectivity index (χ4n) is 6.07. The number of ether oxygens (including phenoxy) is 2. The number of hydrogen-bond donors (Lipinski definition) is 0. The molecule has 1 fully saturated rings. The van der Waals surface area contributed by atoms with Crippen molar-refractivity contribution in [2.24, 2.45) is 0 Å². The summed E-state index contributed by atoms with van der Waals surface area (Å²) in [7, 11) is 1.70. The average molecular weight is 571 g/mol. The molecular weight excluding hydrogens is 524 g/mol. The van der Waals surface area contributed by atoms with Crippen LogP contribution in [0, 0.1) is 6.92 Å². The Kier molecular flexibility index (Phi) is 8.35. The Labute approximate surface area is 250 Å². The minimum absolute atomic E-state index is 0.125. The van der Waals surface area contributed by atoms with Gasteiger partial charge in [-0.05, 0) is 94.5 Å². The predicted molar refractivity (Wildman–Crippen MR) is 172 cm³/mol. The molecule has 224 valence electrons. The molecule has 0 N–H and O–H groups in total. The zero-order valence-corrected chi connectivity index (χ0v) is 26.7. The van der Waals surface area contributed by atoms with E-state index in [1.807, 2.05) is 25.4 Å². The molecule has 2 aromatic heterocycles. The number of nitrogens with zero attached hydrogens (tertiary/aromatic N) is 6. The third kappa shape index (κ3) is 5.76. The summed E-state index contributed by atoms with van der Waals surface area (Å²) in [6.07, 6.45) is 2.62. The van der Waals surface area contributed by atoms with Gasteiger partial charge in [-0.25, -0.2) is 9.97 Å². The van der Waals surface area contributed by atoms with Crippen LogP contribution in [0.2, 0.25) is 0 Å². The lowest BCUT2D eigenvalue weighted by atomic mass is 9.94. The lowest BCUT2D eigenvalue weighted by Gasteiger charge is -2.48. The summed E-state index contributed by atoms with van der Waals surface area (Å²) in [5.41, 5.74) is 7.56. The first-order valence-corrected chi connectivity index (χ1v) is 15.2. The van der Waals surface area contributed by atoms with Crippen LogP contribution in [0.15, 0.2) is 42.7 Å². The minimum Gasteiger partial charge on any atom is -0.497 e. The van der Waals surface area contributed by atoms with Crippen LogP contribution in [0.4, 0.5) is 11.6 Å². The Morgan fingerprint density at radius 3 is 2.36 bits per heavy atom. The number of imidazole rings is 1. The average Bonchev–Trinajstić information content (AvgIpc) is 3.39. The van der Waals surface area contributed by atoms with Crippen LogP contribution in [-0.4, -0.2) is 58.4 Å². The monoisotopic (exact) mass is 570 g/mol. The van der Waals surface area contributed by atoms with Crippen molar-refractivity contribution in [3.05, 3.63) is 65.1 Å². The third-order valence-corrected chi connectivity index (χ3v) is 8.36. The zero-order valence-electron chi connectivity index (χ0n) is 26.7. The molecule has 1 aliphatic rings. The molecule has 2 aromatic carbocycles. The van der Waals surface area contributed by atoms with E-state index in [4.69, 9.17) is 24.4 Å². The molecule has 0 unspecified atom stereocenters. The molecular formula is C34H46N6O2. The van der Waals surface area contributed by atoms with Crippen LogP contribution in [-0.2, 0) is 6.42 Å². The fraction of sp³-hybridized carbons (Fsp3) is 0.500. The minimum atomic E-state index is -0.125. The normalized spacial score (nSPS) is 15.2. The highest BCUT2D eigenvalue weighted by Gasteiger charge is 2.35. The molecule has 0 radical (unpaired) electrons. The van der Waals surface area contributed by atoms with Gasteiger partial charge in [0.15, 0.2) is 5.65 Å². The van der Waals surface area contributed by atoms with Crippen molar-refractivity contribution in [1.82, 2.24) is 19.5 Å². The van der Waals surface area contributed by atoms with Crippen molar-refractivity contribution < 1.29 is 9.47 Å². The van der Waals surface area contributed by atoms with Crippen LogP contribution in [0.3, 0.4) is 0 Å². The number of rotatable bonds is 9. The van der Waals surface area contributed by atoms with Crippen LogP contribution < -0.4 is 19.3 Å². The van der Waals surface area contributed by atoms with Crippen LogP contribution in [0.1, 0.15) is 82.8 Å². The molecule has 8 nitrogen and oxygen atoms in total. The first-order chi connectivity index (χ1) is 20.0. The molecule has 1 aliphatic heterocycles. The number of methoxy groups -OCH3 is 1. The second kappa shape index (κ2) is 11.8. The first kappa shape index (κ1) is 29.7. The van der Waals surface area contributed by atoms with Crippen molar-refractivity contribution >= 4 is 22.8 Å². The number of aromatic nitrogens is 4. The smallest absolute Gasteiger partial charge is 0.227 e. The number of benzene rings is 2. The van der Waals surface area contributed by atoms with E-state index in [1.54, 1.807) is 7.11 Å². The number of anilines is 2. The summed E-state index contributed by atoms with van der Waals surface area (Å²) < 4.78 is 13.6. The van der Waals surface area contributed by atoms with Crippen LogP contribution in [0.25, 0.3) is 11.2 Å². The summed E-state index contributed by atoms with van der Waals surface area (Å²) in [4.78, 5) is 19.9. The number of piperazine rings is 1. The van der Waals surface area contributed by atoms with E-state index in [0.717, 1.165) is 53.9 Å².